The number of hydrogen-bond donors (Lipinski definition) is 1. The SMILES string of the molecule is CCCCCCCCCCCCCCCCCCCCCCCCCCC(O)CCC(=O)[O-].[Na+]. The van der Waals surface area contributed by atoms with Crippen molar-refractivity contribution >= 4 is 5.97 Å². The summed E-state index contributed by atoms with van der Waals surface area (Å²) in [6.45, 7) is 2.29. The van der Waals surface area contributed by atoms with Crippen LogP contribution in [0, 0.1) is 0 Å². The van der Waals surface area contributed by atoms with Crippen LogP contribution in [0.25, 0.3) is 0 Å². The smallest absolute Gasteiger partial charge is 0.550 e. The van der Waals surface area contributed by atoms with E-state index in [0.29, 0.717) is 6.42 Å². The van der Waals surface area contributed by atoms with Gasteiger partial charge < -0.3 is 15.0 Å². The second-order valence-corrected chi connectivity index (χ2v) is 10.5. The van der Waals surface area contributed by atoms with Gasteiger partial charge in [0, 0.05) is 5.97 Å². The Bertz CT molecular complexity index is 389. The molecule has 0 heterocycles. The first-order chi connectivity index (χ1) is 16.2. The molecule has 0 saturated heterocycles. The molecule has 1 atom stereocenters. The third-order valence-electron chi connectivity index (χ3n) is 7.07. The van der Waals surface area contributed by atoms with Crippen LogP contribution in [-0.2, 0) is 4.79 Å². The molecule has 4 heteroatoms. The first kappa shape index (κ1) is 36.6. The number of aliphatic carboxylic acids is 1. The van der Waals surface area contributed by atoms with Gasteiger partial charge in [0.15, 0.2) is 0 Å². The van der Waals surface area contributed by atoms with E-state index in [2.05, 4.69) is 6.92 Å². The summed E-state index contributed by atoms with van der Waals surface area (Å²) in [5.41, 5.74) is 0. The van der Waals surface area contributed by atoms with Crippen molar-refractivity contribution in [3.63, 3.8) is 0 Å². The van der Waals surface area contributed by atoms with Crippen LogP contribution in [0.2, 0.25) is 0 Å². The van der Waals surface area contributed by atoms with Gasteiger partial charge in [-0.05, 0) is 19.3 Å². The van der Waals surface area contributed by atoms with Crippen molar-refractivity contribution in [3.8, 4) is 0 Å². The summed E-state index contributed by atoms with van der Waals surface area (Å²) in [6.07, 6.45) is 33.9. The summed E-state index contributed by atoms with van der Waals surface area (Å²) in [4.78, 5) is 10.4. The van der Waals surface area contributed by atoms with Crippen molar-refractivity contribution in [1.29, 1.82) is 0 Å². The Morgan fingerprint density at radius 3 is 1.06 bits per heavy atom. The molecule has 0 amide bonds. The second-order valence-electron chi connectivity index (χ2n) is 10.5. The fourth-order valence-electron chi connectivity index (χ4n) is 4.77. The van der Waals surface area contributed by atoms with Crippen LogP contribution in [0.15, 0.2) is 0 Å². The summed E-state index contributed by atoms with van der Waals surface area (Å²) >= 11 is 0. The molecule has 0 fully saturated rings. The van der Waals surface area contributed by atoms with Crippen LogP contribution in [-0.4, -0.2) is 17.2 Å². The van der Waals surface area contributed by atoms with E-state index in [9.17, 15) is 15.0 Å². The van der Waals surface area contributed by atoms with Gasteiger partial charge in [0.25, 0.3) is 0 Å². The minimum Gasteiger partial charge on any atom is -0.550 e. The number of carboxylic acids is 1. The molecular weight excluding hydrogens is 431 g/mol. The molecule has 0 aromatic heterocycles. The molecule has 0 bridgehead atoms. The largest absolute Gasteiger partial charge is 1.00 e. The Hall–Kier alpha value is 0.430. The summed E-state index contributed by atoms with van der Waals surface area (Å²) in [7, 11) is 0. The summed E-state index contributed by atoms with van der Waals surface area (Å²) in [5.74, 6) is -1.06. The van der Waals surface area contributed by atoms with Gasteiger partial charge in [0.2, 0.25) is 0 Å². The van der Waals surface area contributed by atoms with Gasteiger partial charge in [0.05, 0.1) is 6.10 Å². The third-order valence-corrected chi connectivity index (χ3v) is 7.07. The predicted octanol–water partition coefficient (Wildman–Crippen LogP) is 5.65. The van der Waals surface area contributed by atoms with Gasteiger partial charge in [-0.15, -0.1) is 0 Å². The van der Waals surface area contributed by atoms with Crippen molar-refractivity contribution in [2.45, 2.75) is 186 Å². The molecule has 1 N–H and O–H groups in total. The first-order valence-corrected chi connectivity index (χ1v) is 15.0. The van der Waals surface area contributed by atoms with Gasteiger partial charge in [-0.1, -0.05) is 161 Å². The fourth-order valence-corrected chi connectivity index (χ4v) is 4.77. The molecule has 0 aliphatic carbocycles. The van der Waals surface area contributed by atoms with Crippen LogP contribution in [0.5, 0.6) is 0 Å². The zero-order chi connectivity index (χ0) is 24.2. The molecule has 198 valence electrons. The molecule has 0 aliphatic heterocycles. The Morgan fingerprint density at radius 1 is 0.529 bits per heavy atom. The summed E-state index contributed by atoms with van der Waals surface area (Å²) in [5, 5.41) is 20.0. The molecule has 0 saturated carbocycles. The molecule has 0 radical (unpaired) electrons. The minimum atomic E-state index is -1.06. The van der Waals surface area contributed by atoms with E-state index in [1.165, 1.54) is 141 Å². The molecule has 1 unspecified atom stereocenters. The van der Waals surface area contributed by atoms with Crippen LogP contribution in [0.4, 0.5) is 0 Å². The molecule has 34 heavy (non-hydrogen) atoms. The number of carbonyl (C=O) groups is 1. The number of aliphatic hydroxyl groups excluding tert-OH is 1. The van der Waals surface area contributed by atoms with Gasteiger partial charge in [-0.25, -0.2) is 0 Å². The van der Waals surface area contributed by atoms with Crippen molar-refractivity contribution in [3.05, 3.63) is 0 Å². The number of aliphatic hydroxyl groups is 1. The average molecular weight is 491 g/mol. The Kier molecular flexibility index (Phi) is 33.9. The monoisotopic (exact) mass is 490 g/mol. The van der Waals surface area contributed by atoms with Crippen LogP contribution in [0.1, 0.15) is 180 Å². The van der Waals surface area contributed by atoms with Crippen LogP contribution in [0.3, 0.4) is 0 Å². The van der Waals surface area contributed by atoms with Gasteiger partial charge in [-0.2, -0.15) is 0 Å². The van der Waals surface area contributed by atoms with Gasteiger partial charge in [0.1, 0.15) is 0 Å². The van der Waals surface area contributed by atoms with Gasteiger partial charge >= 0.3 is 29.6 Å². The molecule has 0 rings (SSSR count). The maximum absolute atomic E-state index is 10.4. The predicted molar refractivity (Wildman–Crippen MR) is 141 cm³/mol. The van der Waals surface area contributed by atoms with E-state index in [4.69, 9.17) is 0 Å². The Morgan fingerprint density at radius 2 is 0.794 bits per heavy atom. The fraction of sp³-hybridized carbons (Fsp3) is 0.967. The quantitative estimate of drug-likeness (QED) is 0.114. The molecule has 3 nitrogen and oxygen atoms in total. The van der Waals surface area contributed by atoms with Crippen molar-refractivity contribution in [1.82, 2.24) is 0 Å². The van der Waals surface area contributed by atoms with Crippen molar-refractivity contribution < 1.29 is 44.6 Å². The van der Waals surface area contributed by atoms with Crippen molar-refractivity contribution in [2.75, 3.05) is 0 Å². The molecule has 0 aromatic carbocycles. The average Bonchev–Trinajstić information content (AvgIpc) is 2.80. The van der Waals surface area contributed by atoms with Crippen molar-refractivity contribution in [2.24, 2.45) is 0 Å². The molecule has 0 aliphatic rings. The second kappa shape index (κ2) is 31.5. The van der Waals surface area contributed by atoms with E-state index in [1.54, 1.807) is 0 Å². The summed E-state index contributed by atoms with van der Waals surface area (Å²) < 4.78 is 0. The number of rotatable bonds is 28. The maximum Gasteiger partial charge on any atom is 1.00 e. The standard InChI is InChI=1S/C30H60O3.Na/c1-2-3-4-5-6-7-8-9-10-11-12-13-14-15-16-17-18-19-20-21-22-23-24-25-26-29(31)27-28-30(32)33;/h29,31H,2-28H2,1H3,(H,32,33);/q;+1/p-1. The first-order valence-electron chi connectivity index (χ1n) is 15.0. The maximum atomic E-state index is 10.4. The van der Waals surface area contributed by atoms with Crippen LogP contribution < -0.4 is 34.7 Å². The molecular formula is C30H59NaO3. The van der Waals surface area contributed by atoms with E-state index < -0.39 is 12.1 Å². The van der Waals surface area contributed by atoms with Gasteiger partial charge in [-0.3, -0.25) is 0 Å². The van der Waals surface area contributed by atoms with E-state index in [0.717, 1.165) is 19.3 Å². The third kappa shape index (κ3) is 32.4. The number of hydrogen-bond acceptors (Lipinski definition) is 3. The van der Waals surface area contributed by atoms with E-state index in [1.807, 2.05) is 0 Å². The number of unbranched alkanes of at least 4 members (excludes halogenated alkanes) is 23. The number of carbonyl (C=O) groups excluding carboxylic acids is 1. The minimum absolute atomic E-state index is 0. The zero-order valence-corrected chi connectivity index (χ0v) is 25.4. The zero-order valence-electron chi connectivity index (χ0n) is 23.4. The number of carboxylic acid groups (broad SMARTS) is 1. The van der Waals surface area contributed by atoms with E-state index >= 15 is 0 Å². The van der Waals surface area contributed by atoms with E-state index in [-0.39, 0.29) is 36.0 Å². The van der Waals surface area contributed by atoms with Crippen LogP contribution >= 0.6 is 0 Å². The molecule has 0 aromatic rings. The Labute approximate surface area is 235 Å². The normalized spacial score (nSPS) is 11.9. The summed E-state index contributed by atoms with van der Waals surface area (Å²) in [6, 6.07) is 0. The topological polar surface area (TPSA) is 60.4 Å². The Balaban J connectivity index is 0. The molecule has 0 spiro atoms.